The van der Waals surface area contributed by atoms with Crippen molar-refractivity contribution in [3.05, 3.63) is 41.8 Å². The van der Waals surface area contributed by atoms with Crippen LogP contribution in [0.5, 0.6) is 0 Å². The van der Waals surface area contributed by atoms with Crippen LogP contribution < -0.4 is 5.32 Å². The minimum Gasteiger partial charge on any atom is -0.325 e. The molecule has 0 aliphatic carbocycles. The standard InChI is InChI=1S/C11H8ClN5/c12-7-1-2-8-9(5-7)13-6-14-11(8)16-10-3-4-15-17-10/h1-6H,(H2,13,14,15,16,17). The zero-order chi connectivity index (χ0) is 11.7. The van der Waals surface area contributed by atoms with E-state index in [0.29, 0.717) is 5.02 Å². The monoisotopic (exact) mass is 245 g/mol. The molecule has 0 saturated carbocycles. The zero-order valence-corrected chi connectivity index (χ0v) is 9.44. The molecule has 0 spiro atoms. The molecule has 6 heteroatoms. The first-order chi connectivity index (χ1) is 8.33. The van der Waals surface area contributed by atoms with Crippen LogP contribution in [0.2, 0.25) is 5.02 Å². The summed E-state index contributed by atoms with van der Waals surface area (Å²) in [5, 5.41) is 11.4. The van der Waals surface area contributed by atoms with Gasteiger partial charge in [-0.1, -0.05) is 11.6 Å². The maximum Gasteiger partial charge on any atom is 0.142 e. The Morgan fingerprint density at radius 2 is 2.12 bits per heavy atom. The van der Waals surface area contributed by atoms with E-state index in [1.54, 1.807) is 12.3 Å². The molecule has 0 aliphatic rings. The minimum absolute atomic E-state index is 0.656. The van der Waals surface area contributed by atoms with Gasteiger partial charge in [0.1, 0.15) is 18.0 Å². The largest absolute Gasteiger partial charge is 0.325 e. The van der Waals surface area contributed by atoms with Crippen molar-refractivity contribution in [2.24, 2.45) is 0 Å². The predicted octanol–water partition coefficient (Wildman–Crippen LogP) is 2.75. The Labute approximate surface area is 102 Å². The molecule has 0 saturated heterocycles. The molecule has 1 aromatic carbocycles. The Balaban J connectivity index is 2.10. The Kier molecular flexibility index (Phi) is 2.38. The number of anilines is 2. The number of H-pyrrole nitrogens is 1. The lowest BCUT2D eigenvalue weighted by Gasteiger charge is -2.05. The summed E-state index contributed by atoms with van der Waals surface area (Å²) in [6.07, 6.45) is 3.17. The van der Waals surface area contributed by atoms with Gasteiger partial charge in [-0.25, -0.2) is 9.97 Å². The van der Waals surface area contributed by atoms with E-state index in [2.05, 4.69) is 25.5 Å². The highest BCUT2D eigenvalue weighted by molar-refractivity contribution is 6.31. The normalized spacial score (nSPS) is 10.6. The van der Waals surface area contributed by atoms with Gasteiger partial charge in [0.15, 0.2) is 0 Å². The quantitative estimate of drug-likeness (QED) is 0.729. The van der Waals surface area contributed by atoms with Crippen LogP contribution >= 0.6 is 11.6 Å². The lowest BCUT2D eigenvalue weighted by Crippen LogP contribution is -1.96. The van der Waals surface area contributed by atoms with E-state index < -0.39 is 0 Å². The Hall–Kier alpha value is -2.14. The van der Waals surface area contributed by atoms with E-state index in [0.717, 1.165) is 22.5 Å². The van der Waals surface area contributed by atoms with E-state index in [-0.39, 0.29) is 0 Å². The van der Waals surface area contributed by atoms with Crippen LogP contribution in [0.1, 0.15) is 0 Å². The van der Waals surface area contributed by atoms with E-state index in [1.807, 2.05) is 18.2 Å². The molecular formula is C11H8ClN5. The van der Waals surface area contributed by atoms with Crippen molar-refractivity contribution in [2.75, 3.05) is 5.32 Å². The lowest BCUT2D eigenvalue weighted by atomic mass is 10.2. The fraction of sp³-hybridized carbons (Fsp3) is 0. The Morgan fingerprint density at radius 3 is 2.94 bits per heavy atom. The molecule has 2 N–H and O–H groups in total. The third-order valence-corrected chi connectivity index (χ3v) is 2.59. The van der Waals surface area contributed by atoms with E-state index in [9.17, 15) is 0 Å². The summed E-state index contributed by atoms with van der Waals surface area (Å²) in [6, 6.07) is 7.32. The number of fused-ring (bicyclic) bond motifs is 1. The molecule has 0 fully saturated rings. The summed E-state index contributed by atoms with van der Waals surface area (Å²) in [4.78, 5) is 8.37. The first-order valence-corrected chi connectivity index (χ1v) is 5.37. The molecule has 3 aromatic rings. The molecule has 17 heavy (non-hydrogen) atoms. The van der Waals surface area contributed by atoms with Crippen LogP contribution in [0.4, 0.5) is 11.6 Å². The van der Waals surface area contributed by atoms with Crippen LogP contribution in [-0.2, 0) is 0 Å². The van der Waals surface area contributed by atoms with Crippen molar-refractivity contribution in [1.29, 1.82) is 0 Å². The van der Waals surface area contributed by atoms with Crippen LogP contribution in [-0.4, -0.2) is 20.2 Å². The van der Waals surface area contributed by atoms with Gasteiger partial charge >= 0.3 is 0 Å². The van der Waals surface area contributed by atoms with Gasteiger partial charge in [0.25, 0.3) is 0 Å². The fourth-order valence-electron chi connectivity index (χ4n) is 1.58. The first-order valence-electron chi connectivity index (χ1n) is 4.99. The molecule has 2 aromatic heterocycles. The number of benzene rings is 1. The van der Waals surface area contributed by atoms with Gasteiger partial charge in [-0.05, 0) is 18.2 Å². The first kappa shape index (κ1) is 10.0. The Morgan fingerprint density at radius 1 is 1.18 bits per heavy atom. The van der Waals surface area contributed by atoms with Gasteiger partial charge in [0.05, 0.1) is 11.7 Å². The number of hydrogen-bond acceptors (Lipinski definition) is 4. The molecule has 2 heterocycles. The average Bonchev–Trinajstić information content (AvgIpc) is 2.82. The number of nitrogens with zero attached hydrogens (tertiary/aromatic N) is 3. The summed E-state index contributed by atoms with van der Waals surface area (Å²) in [5.74, 6) is 1.50. The van der Waals surface area contributed by atoms with Gasteiger partial charge in [0, 0.05) is 16.5 Å². The van der Waals surface area contributed by atoms with Gasteiger partial charge in [-0.3, -0.25) is 5.10 Å². The topological polar surface area (TPSA) is 66.5 Å². The van der Waals surface area contributed by atoms with E-state index in [4.69, 9.17) is 11.6 Å². The Bertz CT molecular complexity index is 650. The summed E-state index contributed by atoms with van der Waals surface area (Å²) >= 11 is 5.92. The van der Waals surface area contributed by atoms with Crippen molar-refractivity contribution in [2.45, 2.75) is 0 Å². The number of nitrogens with one attached hydrogen (secondary N) is 2. The zero-order valence-electron chi connectivity index (χ0n) is 8.68. The number of aromatic nitrogens is 4. The number of aromatic amines is 1. The lowest BCUT2D eigenvalue weighted by molar-refractivity contribution is 1.09. The van der Waals surface area contributed by atoms with Crippen LogP contribution in [0.25, 0.3) is 10.9 Å². The van der Waals surface area contributed by atoms with E-state index >= 15 is 0 Å². The molecule has 0 amide bonds. The third kappa shape index (κ3) is 1.92. The number of hydrogen-bond donors (Lipinski definition) is 2. The average molecular weight is 246 g/mol. The molecule has 0 atom stereocenters. The summed E-state index contributed by atoms with van der Waals surface area (Å²) < 4.78 is 0. The van der Waals surface area contributed by atoms with Gasteiger partial charge in [-0.15, -0.1) is 0 Å². The SMILES string of the molecule is Clc1ccc2c(Nc3ccn[nH]3)ncnc2c1. The van der Waals surface area contributed by atoms with Crippen molar-refractivity contribution in [1.82, 2.24) is 20.2 Å². The van der Waals surface area contributed by atoms with Crippen molar-refractivity contribution in [3.63, 3.8) is 0 Å². The molecule has 3 rings (SSSR count). The van der Waals surface area contributed by atoms with Gasteiger partial charge in [-0.2, -0.15) is 5.10 Å². The maximum absolute atomic E-state index is 5.92. The third-order valence-electron chi connectivity index (χ3n) is 2.35. The highest BCUT2D eigenvalue weighted by Crippen LogP contribution is 2.24. The second kappa shape index (κ2) is 4.03. The summed E-state index contributed by atoms with van der Waals surface area (Å²) in [5.41, 5.74) is 0.800. The van der Waals surface area contributed by atoms with Gasteiger partial charge in [0.2, 0.25) is 0 Å². The predicted molar refractivity (Wildman–Crippen MR) is 66.4 cm³/mol. The second-order valence-corrected chi connectivity index (χ2v) is 3.92. The van der Waals surface area contributed by atoms with Crippen molar-refractivity contribution in [3.8, 4) is 0 Å². The number of halogens is 1. The summed E-state index contributed by atoms with van der Waals surface area (Å²) in [7, 11) is 0. The van der Waals surface area contributed by atoms with E-state index in [1.165, 1.54) is 6.33 Å². The van der Waals surface area contributed by atoms with Crippen molar-refractivity contribution < 1.29 is 0 Å². The van der Waals surface area contributed by atoms with Crippen molar-refractivity contribution >= 4 is 34.1 Å². The molecular weight excluding hydrogens is 238 g/mol. The fourth-order valence-corrected chi connectivity index (χ4v) is 1.75. The molecule has 84 valence electrons. The minimum atomic E-state index is 0.656. The summed E-state index contributed by atoms with van der Waals surface area (Å²) in [6.45, 7) is 0. The van der Waals surface area contributed by atoms with Crippen LogP contribution in [0, 0.1) is 0 Å². The van der Waals surface area contributed by atoms with Gasteiger partial charge < -0.3 is 5.32 Å². The molecule has 0 unspecified atom stereocenters. The second-order valence-electron chi connectivity index (χ2n) is 3.48. The molecule has 0 bridgehead atoms. The maximum atomic E-state index is 5.92. The molecule has 0 radical (unpaired) electrons. The highest BCUT2D eigenvalue weighted by Gasteiger charge is 2.04. The number of rotatable bonds is 2. The smallest absolute Gasteiger partial charge is 0.142 e. The molecule has 5 nitrogen and oxygen atoms in total. The highest BCUT2D eigenvalue weighted by atomic mass is 35.5. The molecule has 0 aliphatic heterocycles. The van der Waals surface area contributed by atoms with Crippen LogP contribution in [0.3, 0.4) is 0 Å². The van der Waals surface area contributed by atoms with Crippen LogP contribution in [0.15, 0.2) is 36.8 Å².